The number of carbonyl (C=O) groups is 1. The summed E-state index contributed by atoms with van der Waals surface area (Å²) in [5, 5.41) is 19.9. The quantitative estimate of drug-likeness (QED) is 0.637. The van der Waals surface area contributed by atoms with Gasteiger partial charge in [0.05, 0.1) is 16.4 Å². The molecule has 0 fully saturated rings. The number of nitrogens with zero attached hydrogens (tertiary/aromatic N) is 3. The second-order valence-corrected chi connectivity index (χ2v) is 4.62. The zero-order valence-corrected chi connectivity index (χ0v) is 11.3. The molecule has 0 radical (unpaired) electrons. The molecule has 8 heteroatoms. The minimum Gasteiger partial charge on any atom is -0.481 e. The number of carboxylic acids is 1. The van der Waals surface area contributed by atoms with Gasteiger partial charge in [-0.3, -0.25) is 14.9 Å². The molecule has 1 heterocycles. The van der Waals surface area contributed by atoms with E-state index < -0.39 is 10.9 Å². The average molecular weight is 288 g/mol. The van der Waals surface area contributed by atoms with Crippen LogP contribution in [-0.4, -0.2) is 33.6 Å². The van der Waals surface area contributed by atoms with Crippen LogP contribution >= 0.6 is 11.6 Å². The van der Waals surface area contributed by atoms with E-state index in [0.717, 1.165) is 0 Å². The van der Waals surface area contributed by atoms with E-state index in [9.17, 15) is 14.9 Å². The van der Waals surface area contributed by atoms with Gasteiger partial charge in [0, 0.05) is 24.8 Å². The molecule has 1 aromatic heterocycles. The predicted molar refractivity (Wildman–Crippen MR) is 70.6 cm³/mol. The molecule has 0 saturated heterocycles. The molecule has 0 unspecified atom stereocenters. The number of carboxylic acid groups (broad SMARTS) is 1. The normalized spacial score (nSPS) is 10.5. The SMILES string of the molecule is CC(C)N(CCC(=O)O)c1ncc(Cl)cc1[N+](=O)[O-]. The van der Waals surface area contributed by atoms with Crippen molar-refractivity contribution in [2.45, 2.75) is 26.3 Å². The fourth-order valence-electron chi connectivity index (χ4n) is 1.60. The number of hydrogen-bond donors (Lipinski definition) is 1. The smallest absolute Gasteiger partial charge is 0.313 e. The Kier molecular flexibility index (Phi) is 5.05. The molecule has 0 aromatic carbocycles. The first-order valence-corrected chi connectivity index (χ1v) is 5.99. The van der Waals surface area contributed by atoms with E-state index in [1.807, 2.05) is 13.8 Å². The van der Waals surface area contributed by atoms with Crippen LogP contribution in [0.15, 0.2) is 12.3 Å². The highest BCUT2D eigenvalue weighted by Gasteiger charge is 2.24. The zero-order valence-electron chi connectivity index (χ0n) is 10.5. The van der Waals surface area contributed by atoms with Crippen molar-refractivity contribution in [3.63, 3.8) is 0 Å². The van der Waals surface area contributed by atoms with Gasteiger partial charge in [-0.15, -0.1) is 0 Å². The molecule has 0 atom stereocenters. The Bertz CT molecular complexity index is 493. The van der Waals surface area contributed by atoms with Gasteiger partial charge in [0.1, 0.15) is 0 Å². The summed E-state index contributed by atoms with van der Waals surface area (Å²) in [6.07, 6.45) is 1.18. The van der Waals surface area contributed by atoms with Gasteiger partial charge in [0.2, 0.25) is 5.82 Å². The molecule has 7 nitrogen and oxygen atoms in total. The number of anilines is 1. The van der Waals surface area contributed by atoms with E-state index in [1.54, 1.807) is 4.90 Å². The van der Waals surface area contributed by atoms with Crippen LogP contribution in [0.25, 0.3) is 0 Å². The van der Waals surface area contributed by atoms with Crippen LogP contribution in [0.1, 0.15) is 20.3 Å². The van der Waals surface area contributed by atoms with E-state index in [-0.39, 0.29) is 35.5 Å². The van der Waals surface area contributed by atoms with Crippen molar-refractivity contribution in [2.75, 3.05) is 11.4 Å². The van der Waals surface area contributed by atoms with Crippen molar-refractivity contribution in [3.8, 4) is 0 Å². The molecule has 104 valence electrons. The Hall–Kier alpha value is -1.89. The zero-order chi connectivity index (χ0) is 14.6. The monoisotopic (exact) mass is 287 g/mol. The van der Waals surface area contributed by atoms with Crippen LogP contribution in [0, 0.1) is 10.1 Å². The topological polar surface area (TPSA) is 96.6 Å². The Morgan fingerprint density at radius 1 is 1.63 bits per heavy atom. The molecular weight excluding hydrogens is 274 g/mol. The lowest BCUT2D eigenvalue weighted by atomic mass is 10.2. The number of rotatable bonds is 6. The van der Waals surface area contributed by atoms with Gasteiger partial charge < -0.3 is 10.0 Å². The number of nitro groups is 1. The van der Waals surface area contributed by atoms with Crippen molar-refractivity contribution in [1.29, 1.82) is 0 Å². The van der Waals surface area contributed by atoms with Gasteiger partial charge in [-0.2, -0.15) is 0 Å². The fraction of sp³-hybridized carbons (Fsp3) is 0.455. The molecule has 0 aliphatic heterocycles. The van der Waals surface area contributed by atoms with E-state index in [4.69, 9.17) is 16.7 Å². The van der Waals surface area contributed by atoms with Crippen LogP contribution in [-0.2, 0) is 4.79 Å². The molecule has 19 heavy (non-hydrogen) atoms. The molecule has 1 N–H and O–H groups in total. The highest BCUT2D eigenvalue weighted by atomic mass is 35.5. The van der Waals surface area contributed by atoms with E-state index in [0.29, 0.717) is 0 Å². The molecule has 1 aromatic rings. The third-order valence-corrected chi connectivity index (χ3v) is 2.68. The summed E-state index contributed by atoms with van der Waals surface area (Å²) in [6, 6.07) is 1.09. The molecule has 0 bridgehead atoms. The highest BCUT2D eigenvalue weighted by Crippen LogP contribution is 2.29. The number of hydrogen-bond acceptors (Lipinski definition) is 5. The number of aromatic nitrogens is 1. The summed E-state index contributed by atoms with van der Waals surface area (Å²) in [5.74, 6) is -0.840. The lowest BCUT2D eigenvalue weighted by Gasteiger charge is -2.26. The first-order valence-electron chi connectivity index (χ1n) is 5.61. The third kappa shape index (κ3) is 4.06. The predicted octanol–water partition coefficient (Wildman–Crippen LogP) is 2.33. The molecule has 0 aliphatic rings. The van der Waals surface area contributed by atoms with Crippen molar-refractivity contribution in [2.24, 2.45) is 0 Å². The molecule has 0 spiro atoms. The average Bonchev–Trinajstić information content (AvgIpc) is 2.29. The lowest BCUT2D eigenvalue weighted by Crippen LogP contribution is -2.34. The third-order valence-electron chi connectivity index (χ3n) is 2.47. The van der Waals surface area contributed by atoms with Crippen molar-refractivity contribution in [3.05, 3.63) is 27.4 Å². The largest absolute Gasteiger partial charge is 0.481 e. The van der Waals surface area contributed by atoms with E-state index >= 15 is 0 Å². The summed E-state index contributed by atoms with van der Waals surface area (Å²) in [7, 11) is 0. The summed E-state index contributed by atoms with van der Waals surface area (Å²) >= 11 is 5.69. The van der Waals surface area contributed by atoms with Gasteiger partial charge in [0.25, 0.3) is 0 Å². The van der Waals surface area contributed by atoms with Crippen LogP contribution in [0.2, 0.25) is 5.02 Å². The first-order chi connectivity index (χ1) is 8.82. The van der Waals surface area contributed by atoms with Crippen molar-refractivity contribution >= 4 is 29.1 Å². The molecule has 0 amide bonds. The van der Waals surface area contributed by atoms with Crippen molar-refractivity contribution < 1.29 is 14.8 Å². The first kappa shape index (κ1) is 15.2. The second-order valence-electron chi connectivity index (χ2n) is 4.18. The summed E-state index contributed by atoms with van der Waals surface area (Å²) in [4.78, 5) is 26.6. The van der Waals surface area contributed by atoms with Crippen LogP contribution < -0.4 is 4.90 Å². The molecule has 0 aliphatic carbocycles. The van der Waals surface area contributed by atoms with Crippen LogP contribution in [0.5, 0.6) is 0 Å². The van der Waals surface area contributed by atoms with Crippen LogP contribution in [0.3, 0.4) is 0 Å². The molecular formula is C11H14ClN3O4. The second kappa shape index (κ2) is 6.33. The summed E-state index contributed by atoms with van der Waals surface area (Å²) < 4.78 is 0. The van der Waals surface area contributed by atoms with E-state index in [1.165, 1.54) is 12.3 Å². The Morgan fingerprint density at radius 3 is 2.74 bits per heavy atom. The minimum atomic E-state index is -0.970. The maximum Gasteiger partial charge on any atom is 0.313 e. The Morgan fingerprint density at radius 2 is 2.26 bits per heavy atom. The Labute approximate surface area is 115 Å². The van der Waals surface area contributed by atoms with Crippen LogP contribution in [0.4, 0.5) is 11.5 Å². The lowest BCUT2D eigenvalue weighted by molar-refractivity contribution is -0.384. The van der Waals surface area contributed by atoms with Gasteiger partial charge in [-0.1, -0.05) is 11.6 Å². The van der Waals surface area contributed by atoms with Gasteiger partial charge in [-0.05, 0) is 13.8 Å². The van der Waals surface area contributed by atoms with Gasteiger partial charge in [-0.25, -0.2) is 4.98 Å². The maximum atomic E-state index is 11.0. The van der Waals surface area contributed by atoms with Crippen molar-refractivity contribution in [1.82, 2.24) is 4.98 Å². The minimum absolute atomic E-state index is 0.119. The maximum absolute atomic E-state index is 11.0. The molecule has 0 saturated carbocycles. The number of pyridine rings is 1. The Balaban J connectivity index is 3.14. The summed E-state index contributed by atoms with van der Waals surface area (Å²) in [6.45, 7) is 3.76. The van der Waals surface area contributed by atoms with E-state index in [2.05, 4.69) is 4.98 Å². The molecule has 1 rings (SSSR count). The number of aliphatic carboxylic acids is 1. The fourth-order valence-corrected chi connectivity index (χ4v) is 1.75. The number of halogens is 1. The van der Waals surface area contributed by atoms with Gasteiger partial charge >= 0.3 is 11.7 Å². The van der Waals surface area contributed by atoms with Gasteiger partial charge in [0.15, 0.2) is 0 Å². The highest BCUT2D eigenvalue weighted by molar-refractivity contribution is 6.30. The standard InChI is InChI=1S/C11H14ClN3O4/c1-7(2)14(4-3-10(16)17)11-9(15(18)19)5-8(12)6-13-11/h5-7H,3-4H2,1-2H3,(H,16,17). The summed E-state index contributed by atoms with van der Waals surface area (Å²) in [5.41, 5.74) is -0.230.